The second kappa shape index (κ2) is 10.00. The zero-order valence-electron chi connectivity index (χ0n) is 19.8. The largest absolute Gasteiger partial charge is 0.388 e. The molecule has 0 heterocycles. The van der Waals surface area contributed by atoms with Crippen LogP contribution in [0.1, 0.15) is 108 Å². The van der Waals surface area contributed by atoms with E-state index in [0.29, 0.717) is 10.8 Å². The van der Waals surface area contributed by atoms with Crippen LogP contribution in [0.25, 0.3) is 0 Å². The third-order valence-corrected chi connectivity index (χ3v) is 5.74. The molecule has 0 bridgehead atoms. The van der Waals surface area contributed by atoms with Crippen LogP contribution in [0.2, 0.25) is 0 Å². The highest BCUT2D eigenvalue weighted by molar-refractivity contribution is 5.09. The van der Waals surface area contributed by atoms with Gasteiger partial charge in [0.25, 0.3) is 0 Å². The minimum atomic E-state index is 0.0985. The molecule has 1 heteroatoms. The van der Waals surface area contributed by atoms with Crippen molar-refractivity contribution in [3.8, 4) is 0 Å². The predicted molar refractivity (Wildman–Crippen MR) is 120 cm³/mol. The highest BCUT2D eigenvalue weighted by Crippen LogP contribution is 2.41. The Morgan fingerprint density at radius 3 is 1.96 bits per heavy atom. The maximum absolute atomic E-state index is 4.32. The molecule has 0 saturated carbocycles. The highest BCUT2D eigenvalue weighted by atomic mass is 14.9. The van der Waals surface area contributed by atoms with Crippen LogP contribution in [-0.4, -0.2) is 6.54 Å². The lowest BCUT2D eigenvalue weighted by molar-refractivity contribution is 0.189. The Morgan fingerprint density at radius 1 is 0.885 bits per heavy atom. The first-order valence-corrected chi connectivity index (χ1v) is 10.8. The minimum Gasteiger partial charge on any atom is -0.388 e. The molecule has 154 valence electrons. The predicted octanol–water partition coefficient (Wildman–Crippen LogP) is 8.13. The van der Waals surface area contributed by atoms with Crippen molar-refractivity contribution in [3.05, 3.63) is 24.4 Å². The zero-order chi connectivity index (χ0) is 20.6. The van der Waals surface area contributed by atoms with Gasteiger partial charge in [-0.1, -0.05) is 101 Å². The second-order valence-corrected chi connectivity index (χ2v) is 11.3. The minimum absolute atomic E-state index is 0.0985. The van der Waals surface area contributed by atoms with Crippen molar-refractivity contribution >= 4 is 0 Å². The van der Waals surface area contributed by atoms with E-state index in [0.717, 1.165) is 19.4 Å². The Hall–Kier alpha value is -0.720. The first-order chi connectivity index (χ1) is 11.7. The van der Waals surface area contributed by atoms with Crippen LogP contribution >= 0.6 is 0 Å². The summed E-state index contributed by atoms with van der Waals surface area (Å²) in [4.78, 5) is 0. The van der Waals surface area contributed by atoms with Crippen molar-refractivity contribution in [1.29, 1.82) is 0 Å². The molecule has 1 nitrogen and oxygen atoms in total. The van der Waals surface area contributed by atoms with Gasteiger partial charge in [0.05, 0.1) is 0 Å². The summed E-state index contributed by atoms with van der Waals surface area (Å²) in [5, 5.41) is 3.54. The Morgan fingerprint density at radius 2 is 1.46 bits per heavy atom. The van der Waals surface area contributed by atoms with E-state index in [1.54, 1.807) is 0 Å². The summed E-state index contributed by atoms with van der Waals surface area (Å²) < 4.78 is 0. The highest BCUT2D eigenvalue weighted by Gasteiger charge is 2.30. The van der Waals surface area contributed by atoms with Gasteiger partial charge in [-0.15, -0.1) is 0 Å². The van der Waals surface area contributed by atoms with Crippen LogP contribution in [0, 0.1) is 21.7 Å². The number of allylic oxidation sites excluding steroid dienone is 3. The smallest absolute Gasteiger partial charge is 0.0143 e. The Balaban J connectivity index is 4.76. The molecule has 0 amide bonds. The maximum atomic E-state index is 4.32. The molecule has 0 atom stereocenters. The van der Waals surface area contributed by atoms with Crippen LogP contribution in [0.15, 0.2) is 24.4 Å². The number of hydrogen-bond acceptors (Lipinski definition) is 1. The molecule has 1 N–H and O–H groups in total. The van der Waals surface area contributed by atoms with Crippen LogP contribution in [0.3, 0.4) is 0 Å². The molecular weight excluding hydrogens is 314 g/mol. The number of unbranched alkanes of at least 4 members (excludes halogenated alkanes) is 1. The summed E-state index contributed by atoms with van der Waals surface area (Å²) in [6, 6.07) is 0. The molecule has 0 saturated heterocycles. The number of nitrogens with one attached hydrogen (secondary N) is 1. The lowest BCUT2D eigenvalue weighted by Crippen LogP contribution is -2.31. The van der Waals surface area contributed by atoms with Crippen LogP contribution in [0.4, 0.5) is 0 Å². The third-order valence-electron chi connectivity index (χ3n) is 5.74. The Bertz CT molecular complexity index is 449. The van der Waals surface area contributed by atoms with Crippen molar-refractivity contribution < 1.29 is 0 Å². The van der Waals surface area contributed by atoms with Gasteiger partial charge in [0.15, 0.2) is 0 Å². The average molecular weight is 364 g/mol. The fourth-order valence-electron chi connectivity index (χ4n) is 4.15. The molecule has 0 fully saturated rings. The molecule has 0 unspecified atom stereocenters. The molecule has 0 spiro atoms. The molecule has 0 rings (SSSR count). The normalized spacial score (nSPS) is 14.1. The van der Waals surface area contributed by atoms with E-state index in [2.05, 4.69) is 93.3 Å². The average Bonchev–Trinajstić information content (AvgIpc) is 2.44. The maximum Gasteiger partial charge on any atom is 0.0143 e. The monoisotopic (exact) mass is 363 g/mol. The van der Waals surface area contributed by atoms with Crippen molar-refractivity contribution in [2.45, 2.75) is 108 Å². The second-order valence-electron chi connectivity index (χ2n) is 11.3. The fourth-order valence-corrected chi connectivity index (χ4v) is 4.15. The van der Waals surface area contributed by atoms with Crippen molar-refractivity contribution in [3.63, 3.8) is 0 Å². The fraction of sp³-hybridized carbons (Fsp3) is 0.840. The van der Waals surface area contributed by atoms with E-state index in [1.807, 2.05) is 0 Å². The van der Waals surface area contributed by atoms with Gasteiger partial charge in [-0.25, -0.2) is 0 Å². The molecule has 0 aromatic carbocycles. The molecule has 0 aliphatic carbocycles. The molecule has 26 heavy (non-hydrogen) atoms. The summed E-state index contributed by atoms with van der Waals surface area (Å²) in [5.41, 5.74) is 2.23. The van der Waals surface area contributed by atoms with Gasteiger partial charge in [-0.3, -0.25) is 0 Å². The number of hydrogen-bond donors (Lipinski definition) is 1. The van der Waals surface area contributed by atoms with Crippen molar-refractivity contribution in [1.82, 2.24) is 5.32 Å². The molecule has 0 aliphatic heterocycles. The van der Waals surface area contributed by atoms with Gasteiger partial charge in [0, 0.05) is 17.7 Å². The van der Waals surface area contributed by atoms with Gasteiger partial charge in [0.2, 0.25) is 0 Å². The van der Waals surface area contributed by atoms with E-state index in [-0.39, 0.29) is 10.8 Å². The summed E-state index contributed by atoms with van der Waals surface area (Å²) in [7, 11) is 0. The van der Waals surface area contributed by atoms with Gasteiger partial charge < -0.3 is 5.32 Å². The molecule has 0 radical (unpaired) electrons. The third kappa shape index (κ3) is 10.4. The topological polar surface area (TPSA) is 12.0 Å². The molecular formula is C25H49N. The molecule has 0 aromatic rings. The van der Waals surface area contributed by atoms with Crippen LogP contribution < -0.4 is 5.32 Å². The van der Waals surface area contributed by atoms with E-state index < -0.39 is 0 Å². The first kappa shape index (κ1) is 25.3. The van der Waals surface area contributed by atoms with E-state index in [4.69, 9.17) is 0 Å². The first-order valence-electron chi connectivity index (χ1n) is 10.8. The van der Waals surface area contributed by atoms with Crippen molar-refractivity contribution in [2.24, 2.45) is 21.7 Å². The quantitative estimate of drug-likeness (QED) is 0.257. The Kier molecular flexibility index (Phi) is 9.72. The standard InChI is InChI=1S/C25H49N/c1-12-14-18-26-21(3)25(10,11)20-24(8,9)17-15-16-23(6,7)19-22(4,5)13-2/h15,17,26H,3,12-14,16,18-20H2,1-2,4-11H3/b17-15+. The summed E-state index contributed by atoms with van der Waals surface area (Å²) in [6.07, 6.45) is 12.1. The van der Waals surface area contributed by atoms with Gasteiger partial charge in [-0.05, 0) is 41.9 Å². The van der Waals surface area contributed by atoms with Crippen molar-refractivity contribution in [2.75, 3.05) is 6.54 Å². The van der Waals surface area contributed by atoms with Crippen LogP contribution in [0.5, 0.6) is 0 Å². The zero-order valence-corrected chi connectivity index (χ0v) is 19.8. The van der Waals surface area contributed by atoms with Gasteiger partial charge >= 0.3 is 0 Å². The summed E-state index contributed by atoms with van der Waals surface area (Å²) >= 11 is 0. The van der Waals surface area contributed by atoms with Gasteiger partial charge in [-0.2, -0.15) is 0 Å². The summed E-state index contributed by atoms with van der Waals surface area (Å²) in [5.74, 6) is 0. The lowest BCUT2D eigenvalue weighted by Gasteiger charge is -2.36. The summed E-state index contributed by atoms with van der Waals surface area (Å²) in [6.45, 7) is 28.8. The molecule has 0 aliphatic rings. The lowest BCUT2D eigenvalue weighted by atomic mass is 9.71. The Labute approximate surface area is 166 Å². The van der Waals surface area contributed by atoms with Gasteiger partial charge in [0.1, 0.15) is 0 Å². The van der Waals surface area contributed by atoms with Crippen LogP contribution in [-0.2, 0) is 0 Å². The molecule has 0 aromatic heterocycles. The van der Waals surface area contributed by atoms with E-state index in [9.17, 15) is 0 Å². The van der Waals surface area contributed by atoms with E-state index in [1.165, 1.54) is 31.4 Å². The van der Waals surface area contributed by atoms with E-state index >= 15 is 0 Å². The SMILES string of the molecule is C=C(NCCCC)C(C)(C)CC(C)(C)/C=C/CC(C)(C)CC(C)(C)CC. The number of rotatable bonds is 13.